The molecule has 1 aromatic heterocycles. The van der Waals surface area contributed by atoms with E-state index < -0.39 is 6.04 Å². The third kappa shape index (κ3) is 2.97. The molecule has 3 amide bonds. The molecule has 0 spiro atoms. The van der Waals surface area contributed by atoms with Gasteiger partial charge in [-0.15, -0.1) is 11.3 Å². The predicted octanol–water partition coefficient (Wildman–Crippen LogP) is 1.94. The summed E-state index contributed by atoms with van der Waals surface area (Å²) in [5.74, 6) is 0.00405. The summed E-state index contributed by atoms with van der Waals surface area (Å²) < 4.78 is 1.07. The summed E-state index contributed by atoms with van der Waals surface area (Å²) in [5, 5.41) is 8.24. The summed E-state index contributed by atoms with van der Waals surface area (Å²) in [7, 11) is 0. The molecule has 2 heterocycles. The molecule has 110 valence electrons. The Morgan fingerprint density at radius 1 is 1.48 bits per heavy atom. The van der Waals surface area contributed by atoms with Gasteiger partial charge in [-0.1, -0.05) is 6.92 Å². The number of hydrogen-bond donors (Lipinski definition) is 3. The van der Waals surface area contributed by atoms with Crippen molar-refractivity contribution < 1.29 is 9.59 Å². The van der Waals surface area contributed by atoms with E-state index in [2.05, 4.69) is 20.9 Å². The van der Waals surface area contributed by atoms with Crippen LogP contribution >= 0.6 is 11.3 Å². The molecule has 2 aromatic rings. The van der Waals surface area contributed by atoms with Gasteiger partial charge in [0.25, 0.3) is 0 Å². The van der Waals surface area contributed by atoms with E-state index in [-0.39, 0.29) is 17.9 Å². The second-order valence-corrected chi connectivity index (χ2v) is 6.05. The third-order valence-corrected chi connectivity index (χ3v) is 4.44. The van der Waals surface area contributed by atoms with Gasteiger partial charge in [-0.3, -0.25) is 4.79 Å². The van der Waals surface area contributed by atoms with Gasteiger partial charge < -0.3 is 16.0 Å². The van der Waals surface area contributed by atoms with Crippen LogP contribution in [0.4, 0.5) is 10.5 Å². The SMILES string of the molecule is C[C@H]1CCNC(=O)[C@H]1NC(=O)Nc1ccc2scnc2c1. The van der Waals surface area contributed by atoms with Crippen molar-refractivity contribution in [1.29, 1.82) is 0 Å². The molecule has 1 saturated heterocycles. The van der Waals surface area contributed by atoms with E-state index in [1.807, 2.05) is 25.1 Å². The molecule has 2 atom stereocenters. The monoisotopic (exact) mass is 304 g/mol. The lowest BCUT2D eigenvalue weighted by molar-refractivity contribution is -0.125. The molecule has 3 rings (SSSR count). The third-order valence-electron chi connectivity index (χ3n) is 3.63. The second kappa shape index (κ2) is 5.69. The van der Waals surface area contributed by atoms with Crippen LogP contribution in [-0.4, -0.2) is 29.5 Å². The van der Waals surface area contributed by atoms with Crippen LogP contribution in [0.1, 0.15) is 13.3 Å². The van der Waals surface area contributed by atoms with Crippen molar-refractivity contribution in [3.63, 3.8) is 0 Å². The maximum atomic E-state index is 12.0. The minimum atomic E-state index is -0.484. The molecule has 7 heteroatoms. The van der Waals surface area contributed by atoms with Crippen LogP contribution in [0.15, 0.2) is 23.7 Å². The number of benzene rings is 1. The first kappa shape index (κ1) is 13.8. The van der Waals surface area contributed by atoms with Crippen molar-refractivity contribution in [2.75, 3.05) is 11.9 Å². The van der Waals surface area contributed by atoms with Crippen molar-refractivity contribution in [3.8, 4) is 0 Å². The van der Waals surface area contributed by atoms with Gasteiger partial charge in [0.05, 0.1) is 15.7 Å². The van der Waals surface area contributed by atoms with Crippen molar-refractivity contribution in [1.82, 2.24) is 15.6 Å². The minimum absolute atomic E-state index is 0.126. The topological polar surface area (TPSA) is 83.1 Å². The number of nitrogens with zero attached hydrogens (tertiary/aromatic N) is 1. The van der Waals surface area contributed by atoms with Gasteiger partial charge in [0.2, 0.25) is 5.91 Å². The summed E-state index contributed by atoms with van der Waals surface area (Å²) in [4.78, 5) is 28.0. The zero-order chi connectivity index (χ0) is 14.8. The van der Waals surface area contributed by atoms with E-state index in [0.29, 0.717) is 12.2 Å². The van der Waals surface area contributed by atoms with Gasteiger partial charge in [-0.05, 0) is 30.5 Å². The number of urea groups is 1. The average molecular weight is 304 g/mol. The lowest BCUT2D eigenvalue weighted by atomic mass is 9.94. The molecule has 0 saturated carbocycles. The highest BCUT2D eigenvalue weighted by molar-refractivity contribution is 7.16. The summed E-state index contributed by atoms with van der Waals surface area (Å²) >= 11 is 1.55. The van der Waals surface area contributed by atoms with Crippen molar-refractivity contribution in [3.05, 3.63) is 23.7 Å². The van der Waals surface area contributed by atoms with Crippen LogP contribution in [0.5, 0.6) is 0 Å². The summed E-state index contributed by atoms with van der Waals surface area (Å²) in [5.41, 5.74) is 3.28. The minimum Gasteiger partial charge on any atom is -0.354 e. The number of thiazole rings is 1. The van der Waals surface area contributed by atoms with Gasteiger partial charge in [-0.25, -0.2) is 9.78 Å². The van der Waals surface area contributed by atoms with E-state index >= 15 is 0 Å². The molecule has 3 N–H and O–H groups in total. The number of carbonyl (C=O) groups is 2. The van der Waals surface area contributed by atoms with Crippen LogP contribution in [0.3, 0.4) is 0 Å². The van der Waals surface area contributed by atoms with Crippen molar-refractivity contribution >= 4 is 39.2 Å². The number of piperidine rings is 1. The number of nitrogens with one attached hydrogen (secondary N) is 3. The Hall–Kier alpha value is -2.15. The molecule has 6 nitrogen and oxygen atoms in total. The molecule has 1 aromatic carbocycles. The Morgan fingerprint density at radius 2 is 2.33 bits per heavy atom. The normalized spacial score (nSPS) is 21.9. The van der Waals surface area contributed by atoms with Crippen LogP contribution in [0.2, 0.25) is 0 Å². The van der Waals surface area contributed by atoms with E-state index in [1.54, 1.807) is 16.8 Å². The fourth-order valence-corrected chi connectivity index (χ4v) is 3.07. The Kier molecular flexibility index (Phi) is 3.74. The van der Waals surface area contributed by atoms with E-state index in [0.717, 1.165) is 16.6 Å². The summed E-state index contributed by atoms with van der Waals surface area (Å²) in [6, 6.07) is 4.69. The maximum Gasteiger partial charge on any atom is 0.319 e. The molecule has 1 aliphatic heterocycles. The lowest BCUT2D eigenvalue weighted by Gasteiger charge is -2.28. The van der Waals surface area contributed by atoms with Crippen molar-refractivity contribution in [2.45, 2.75) is 19.4 Å². The Labute approximate surface area is 125 Å². The number of fused-ring (bicyclic) bond motifs is 1. The highest BCUT2D eigenvalue weighted by atomic mass is 32.1. The molecular weight excluding hydrogens is 288 g/mol. The van der Waals surface area contributed by atoms with Gasteiger partial charge in [-0.2, -0.15) is 0 Å². The zero-order valence-corrected chi connectivity index (χ0v) is 12.4. The van der Waals surface area contributed by atoms with Crippen LogP contribution in [-0.2, 0) is 4.79 Å². The number of aromatic nitrogens is 1. The van der Waals surface area contributed by atoms with Crippen LogP contribution < -0.4 is 16.0 Å². The Morgan fingerprint density at radius 3 is 3.14 bits per heavy atom. The lowest BCUT2D eigenvalue weighted by Crippen LogP contribution is -2.55. The first-order valence-electron chi connectivity index (χ1n) is 6.82. The Bertz CT molecular complexity index is 684. The first-order valence-corrected chi connectivity index (χ1v) is 7.70. The predicted molar refractivity (Wildman–Crippen MR) is 82.4 cm³/mol. The van der Waals surface area contributed by atoms with Gasteiger partial charge in [0, 0.05) is 12.2 Å². The molecule has 0 unspecified atom stereocenters. The fourth-order valence-electron chi connectivity index (χ4n) is 2.41. The standard InChI is InChI=1S/C14H16N4O2S/c1-8-4-5-15-13(19)12(8)18-14(20)17-9-2-3-11-10(6-9)16-7-21-11/h2-3,6-8,12H,4-5H2,1H3,(H,15,19)(H2,17,18,20)/t8-,12-/m0/s1. The number of amides is 3. The highest BCUT2D eigenvalue weighted by Crippen LogP contribution is 2.21. The van der Waals surface area contributed by atoms with Gasteiger partial charge in [0.1, 0.15) is 6.04 Å². The van der Waals surface area contributed by atoms with Gasteiger partial charge >= 0.3 is 6.03 Å². The second-order valence-electron chi connectivity index (χ2n) is 5.17. The molecular formula is C14H16N4O2S. The highest BCUT2D eigenvalue weighted by Gasteiger charge is 2.30. The van der Waals surface area contributed by atoms with E-state index in [4.69, 9.17) is 0 Å². The quantitative estimate of drug-likeness (QED) is 0.793. The number of anilines is 1. The van der Waals surface area contributed by atoms with E-state index in [1.165, 1.54) is 0 Å². The summed E-state index contributed by atoms with van der Waals surface area (Å²) in [6.07, 6.45) is 0.863. The maximum absolute atomic E-state index is 12.0. The molecule has 0 bridgehead atoms. The largest absolute Gasteiger partial charge is 0.354 e. The zero-order valence-electron chi connectivity index (χ0n) is 11.6. The van der Waals surface area contributed by atoms with Crippen LogP contribution in [0.25, 0.3) is 10.2 Å². The fraction of sp³-hybridized carbons (Fsp3) is 0.357. The van der Waals surface area contributed by atoms with Crippen molar-refractivity contribution in [2.24, 2.45) is 5.92 Å². The first-order chi connectivity index (χ1) is 10.1. The summed E-state index contributed by atoms with van der Waals surface area (Å²) in [6.45, 7) is 2.63. The molecule has 1 fully saturated rings. The smallest absolute Gasteiger partial charge is 0.319 e. The average Bonchev–Trinajstić information content (AvgIpc) is 2.90. The van der Waals surface area contributed by atoms with Crippen LogP contribution in [0, 0.1) is 5.92 Å². The molecule has 0 aliphatic carbocycles. The number of rotatable bonds is 2. The molecule has 0 radical (unpaired) electrons. The number of carbonyl (C=O) groups excluding carboxylic acids is 2. The van der Waals surface area contributed by atoms with Gasteiger partial charge in [0.15, 0.2) is 0 Å². The Balaban J connectivity index is 1.66. The molecule has 21 heavy (non-hydrogen) atoms. The van der Waals surface area contributed by atoms with E-state index in [9.17, 15) is 9.59 Å². The number of hydrogen-bond acceptors (Lipinski definition) is 4. The molecule has 1 aliphatic rings.